The third kappa shape index (κ3) is 6.86. The first-order valence-electron chi connectivity index (χ1n) is 23.1. The Labute approximate surface area is 394 Å². The van der Waals surface area contributed by atoms with Gasteiger partial charge in [-0.05, 0) is 94.0 Å². The van der Waals surface area contributed by atoms with Gasteiger partial charge in [-0.15, -0.1) is 0 Å². The summed E-state index contributed by atoms with van der Waals surface area (Å²) >= 11 is 0. The fourth-order valence-corrected chi connectivity index (χ4v) is 10.0. The number of hydrogen-bond acceptors (Lipinski definition) is 2. The standard InChI is InChI=1S/C64H42N4/c1-4-16-43(17-5-1)46-28-32-48(33-29-46)58-42-59(49-34-30-47(31-35-49)44-18-6-2-7-19-44)66-64(65-58)51-38-50(45-20-8-3-9-21-45)39-53(40-51)68-62-27-15-12-24-56(62)57-41-52(36-37-63(57)68)67-60-25-13-10-22-54(60)55-23-11-14-26-61(55)67/h1-42H. The van der Waals surface area contributed by atoms with Gasteiger partial charge >= 0.3 is 0 Å². The zero-order valence-electron chi connectivity index (χ0n) is 37.0. The smallest absolute Gasteiger partial charge is 0.160 e. The molecule has 0 N–H and O–H groups in total. The minimum absolute atomic E-state index is 0.658. The van der Waals surface area contributed by atoms with Crippen LogP contribution < -0.4 is 0 Å². The van der Waals surface area contributed by atoms with Crippen LogP contribution in [-0.4, -0.2) is 19.1 Å². The zero-order valence-corrected chi connectivity index (χ0v) is 37.0. The molecule has 0 spiro atoms. The van der Waals surface area contributed by atoms with Crippen molar-refractivity contribution >= 4 is 43.6 Å². The van der Waals surface area contributed by atoms with Crippen LogP contribution in [0.2, 0.25) is 0 Å². The molecule has 3 heterocycles. The summed E-state index contributed by atoms with van der Waals surface area (Å²) in [7, 11) is 0. The maximum Gasteiger partial charge on any atom is 0.160 e. The summed E-state index contributed by atoms with van der Waals surface area (Å²) in [6.45, 7) is 0. The molecule has 4 heteroatoms. The van der Waals surface area contributed by atoms with E-state index in [4.69, 9.17) is 9.97 Å². The van der Waals surface area contributed by atoms with Gasteiger partial charge in [0.2, 0.25) is 0 Å². The fraction of sp³-hybridized carbons (Fsp3) is 0. The molecular weight excluding hydrogens is 825 g/mol. The number of aromatic nitrogens is 4. The number of nitrogens with zero attached hydrogens (tertiary/aromatic N) is 4. The van der Waals surface area contributed by atoms with E-state index in [-0.39, 0.29) is 0 Å². The fourth-order valence-electron chi connectivity index (χ4n) is 10.0. The number of hydrogen-bond donors (Lipinski definition) is 0. The van der Waals surface area contributed by atoms with Crippen LogP contribution in [0.4, 0.5) is 0 Å². The lowest BCUT2D eigenvalue weighted by molar-refractivity contribution is 1.15. The first-order valence-corrected chi connectivity index (χ1v) is 23.1. The lowest BCUT2D eigenvalue weighted by Crippen LogP contribution is -2.00. The van der Waals surface area contributed by atoms with E-state index in [0.29, 0.717) is 5.82 Å². The van der Waals surface area contributed by atoms with E-state index < -0.39 is 0 Å². The van der Waals surface area contributed by atoms with Gasteiger partial charge in [-0.1, -0.05) is 194 Å². The van der Waals surface area contributed by atoms with E-state index >= 15 is 0 Å². The predicted molar refractivity (Wildman–Crippen MR) is 283 cm³/mol. The maximum absolute atomic E-state index is 5.42. The van der Waals surface area contributed by atoms with Crippen molar-refractivity contribution in [3.8, 4) is 78.7 Å². The number of rotatable bonds is 8. The maximum atomic E-state index is 5.42. The van der Waals surface area contributed by atoms with Crippen molar-refractivity contribution in [2.24, 2.45) is 0 Å². The van der Waals surface area contributed by atoms with Gasteiger partial charge in [0.15, 0.2) is 5.82 Å². The summed E-state index contributed by atoms with van der Waals surface area (Å²) in [5.41, 5.74) is 18.4. The van der Waals surface area contributed by atoms with E-state index in [1.54, 1.807) is 0 Å². The van der Waals surface area contributed by atoms with E-state index in [1.165, 1.54) is 43.7 Å². The van der Waals surface area contributed by atoms with E-state index in [1.807, 2.05) is 0 Å². The molecule has 68 heavy (non-hydrogen) atoms. The molecule has 0 bridgehead atoms. The Kier molecular flexibility index (Phi) is 9.47. The molecule has 0 saturated heterocycles. The van der Waals surface area contributed by atoms with Crippen LogP contribution in [0.25, 0.3) is 122 Å². The van der Waals surface area contributed by atoms with Crippen molar-refractivity contribution in [3.63, 3.8) is 0 Å². The summed E-state index contributed by atoms with van der Waals surface area (Å²) in [5, 5.41) is 4.87. The van der Waals surface area contributed by atoms with Gasteiger partial charge in [-0.2, -0.15) is 0 Å². The monoisotopic (exact) mass is 866 g/mol. The summed E-state index contributed by atoms with van der Waals surface area (Å²) in [6, 6.07) is 91.1. The van der Waals surface area contributed by atoms with E-state index in [0.717, 1.165) is 72.7 Å². The highest BCUT2D eigenvalue weighted by Crippen LogP contribution is 2.40. The molecule has 0 fully saturated rings. The van der Waals surface area contributed by atoms with Crippen molar-refractivity contribution in [3.05, 3.63) is 255 Å². The van der Waals surface area contributed by atoms with Crippen LogP contribution in [0.15, 0.2) is 255 Å². The number of para-hydroxylation sites is 3. The third-order valence-corrected chi connectivity index (χ3v) is 13.3. The van der Waals surface area contributed by atoms with Crippen LogP contribution in [0, 0.1) is 0 Å². The van der Waals surface area contributed by atoms with Gasteiger partial charge in [-0.25, -0.2) is 9.97 Å². The second-order valence-electron chi connectivity index (χ2n) is 17.4. The molecule has 0 aliphatic heterocycles. The highest BCUT2D eigenvalue weighted by atomic mass is 15.0. The molecule has 0 amide bonds. The number of benzene rings is 10. The van der Waals surface area contributed by atoms with Crippen molar-refractivity contribution in [1.29, 1.82) is 0 Å². The SMILES string of the molecule is c1ccc(-c2ccc(-c3cc(-c4ccc(-c5ccccc5)cc4)nc(-c4cc(-c5ccccc5)cc(-n5c6ccccc6c6cc(-n7c8ccccc8c8ccccc87)ccc65)c4)n3)cc2)cc1. The van der Waals surface area contributed by atoms with Gasteiger partial charge in [0, 0.05) is 49.6 Å². The van der Waals surface area contributed by atoms with E-state index in [9.17, 15) is 0 Å². The van der Waals surface area contributed by atoms with Crippen LogP contribution in [-0.2, 0) is 0 Å². The summed E-state index contributed by atoms with van der Waals surface area (Å²) < 4.78 is 4.81. The van der Waals surface area contributed by atoms with E-state index in [2.05, 4.69) is 264 Å². The zero-order chi connectivity index (χ0) is 45.0. The molecule has 0 aliphatic carbocycles. The highest BCUT2D eigenvalue weighted by Gasteiger charge is 2.19. The Hall–Kier alpha value is -9.12. The first kappa shape index (κ1) is 39.3. The molecule has 4 nitrogen and oxygen atoms in total. The minimum Gasteiger partial charge on any atom is -0.309 e. The van der Waals surface area contributed by atoms with Crippen molar-refractivity contribution in [2.75, 3.05) is 0 Å². The molecule has 0 saturated carbocycles. The minimum atomic E-state index is 0.658. The topological polar surface area (TPSA) is 35.6 Å². The van der Waals surface area contributed by atoms with Crippen molar-refractivity contribution in [2.45, 2.75) is 0 Å². The highest BCUT2D eigenvalue weighted by molar-refractivity contribution is 6.12. The van der Waals surface area contributed by atoms with Gasteiger partial charge in [0.05, 0.1) is 33.5 Å². The predicted octanol–water partition coefficient (Wildman–Crippen LogP) is 16.7. The molecule has 10 aromatic carbocycles. The molecule has 318 valence electrons. The van der Waals surface area contributed by atoms with Crippen LogP contribution in [0.5, 0.6) is 0 Å². The Morgan fingerprint density at radius 3 is 1.09 bits per heavy atom. The van der Waals surface area contributed by atoms with Crippen molar-refractivity contribution < 1.29 is 0 Å². The molecular formula is C64H42N4. The van der Waals surface area contributed by atoms with Crippen molar-refractivity contribution in [1.82, 2.24) is 19.1 Å². The third-order valence-electron chi connectivity index (χ3n) is 13.3. The first-order chi connectivity index (χ1) is 33.7. The Balaban J connectivity index is 1.00. The number of fused-ring (bicyclic) bond motifs is 6. The average Bonchev–Trinajstić information content (AvgIpc) is 3.94. The summed E-state index contributed by atoms with van der Waals surface area (Å²) in [6.07, 6.45) is 0. The summed E-state index contributed by atoms with van der Waals surface area (Å²) in [5.74, 6) is 0.658. The normalized spacial score (nSPS) is 11.5. The Bertz CT molecular complexity index is 3830. The quantitative estimate of drug-likeness (QED) is 0.153. The molecule has 0 aliphatic rings. The van der Waals surface area contributed by atoms with Crippen LogP contribution in [0.3, 0.4) is 0 Å². The van der Waals surface area contributed by atoms with Gasteiger partial charge in [-0.3, -0.25) is 0 Å². The summed E-state index contributed by atoms with van der Waals surface area (Å²) in [4.78, 5) is 10.8. The lowest BCUT2D eigenvalue weighted by atomic mass is 9.99. The molecule has 13 aromatic rings. The molecule has 0 radical (unpaired) electrons. The van der Waals surface area contributed by atoms with Gasteiger partial charge in [0.25, 0.3) is 0 Å². The molecule has 0 atom stereocenters. The van der Waals surface area contributed by atoms with Crippen LogP contribution >= 0.6 is 0 Å². The Morgan fingerprint density at radius 2 is 0.588 bits per heavy atom. The molecule has 3 aromatic heterocycles. The lowest BCUT2D eigenvalue weighted by Gasteiger charge is -2.15. The molecule has 13 rings (SSSR count). The molecule has 0 unspecified atom stereocenters. The Morgan fingerprint density at radius 1 is 0.221 bits per heavy atom. The second-order valence-corrected chi connectivity index (χ2v) is 17.4. The average molecular weight is 867 g/mol. The largest absolute Gasteiger partial charge is 0.309 e. The van der Waals surface area contributed by atoms with Crippen LogP contribution in [0.1, 0.15) is 0 Å². The van der Waals surface area contributed by atoms with Gasteiger partial charge in [0.1, 0.15) is 0 Å². The second kappa shape index (κ2) is 16.4. The van der Waals surface area contributed by atoms with Gasteiger partial charge < -0.3 is 9.13 Å².